The second-order valence-electron chi connectivity index (χ2n) is 4.31. The van der Waals surface area contributed by atoms with E-state index in [0.29, 0.717) is 12.1 Å². The lowest BCUT2D eigenvalue weighted by molar-refractivity contribution is -0.139. The predicted octanol–water partition coefficient (Wildman–Crippen LogP) is 1.67. The molecule has 1 aromatic carbocycles. The van der Waals surface area contributed by atoms with Crippen molar-refractivity contribution in [1.82, 2.24) is 15.5 Å². The molecule has 0 saturated heterocycles. The van der Waals surface area contributed by atoms with Crippen LogP contribution in [-0.4, -0.2) is 33.2 Å². The summed E-state index contributed by atoms with van der Waals surface area (Å²) in [7, 11) is 0. The van der Waals surface area contributed by atoms with Crippen LogP contribution in [0, 0.1) is 0 Å². The first kappa shape index (κ1) is 13.8. The van der Waals surface area contributed by atoms with E-state index in [-0.39, 0.29) is 5.69 Å². The van der Waals surface area contributed by atoms with Gasteiger partial charge in [-0.2, -0.15) is 5.10 Å². The van der Waals surface area contributed by atoms with Gasteiger partial charge < -0.3 is 10.4 Å². The molecule has 0 bridgehead atoms. The molecule has 2 rings (SSSR count). The van der Waals surface area contributed by atoms with E-state index in [9.17, 15) is 9.59 Å². The number of aromatic nitrogens is 2. The number of nitrogens with zero attached hydrogens (tertiary/aromatic N) is 1. The van der Waals surface area contributed by atoms with E-state index in [4.69, 9.17) is 5.11 Å². The minimum Gasteiger partial charge on any atom is -0.480 e. The molecule has 20 heavy (non-hydrogen) atoms. The highest BCUT2D eigenvalue weighted by Gasteiger charge is 2.19. The number of amides is 1. The molecule has 1 amide bonds. The maximum atomic E-state index is 11.9. The normalized spacial score (nSPS) is 11.8. The van der Waals surface area contributed by atoms with Crippen LogP contribution in [0.4, 0.5) is 0 Å². The number of aromatic amines is 1. The van der Waals surface area contributed by atoms with Crippen LogP contribution in [0.3, 0.4) is 0 Å². The third-order valence-corrected chi connectivity index (χ3v) is 2.90. The van der Waals surface area contributed by atoms with E-state index in [1.165, 1.54) is 0 Å². The topological polar surface area (TPSA) is 95.1 Å². The van der Waals surface area contributed by atoms with Gasteiger partial charge in [0.25, 0.3) is 5.91 Å². The Labute approximate surface area is 115 Å². The summed E-state index contributed by atoms with van der Waals surface area (Å²) in [5, 5.41) is 18.0. The number of carboxylic acid groups (broad SMARTS) is 1. The van der Waals surface area contributed by atoms with Crippen molar-refractivity contribution in [2.75, 3.05) is 0 Å². The predicted molar refractivity (Wildman–Crippen MR) is 73.2 cm³/mol. The van der Waals surface area contributed by atoms with Crippen molar-refractivity contribution >= 4 is 11.9 Å². The van der Waals surface area contributed by atoms with E-state index >= 15 is 0 Å². The number of aliphatic carboxylic acids is 1. The summed E-state index contributed by atoms with van der Waals surface area (Å²) < 4.78 is 0. The SMILES string of the molecule is CC[C@H](NC(=O)c1cc(-c2ccccc2)n[nH]1)C(=O)O. The summed E-state index contributed by atoms with van der Waals surface area (Å²) in [6.07, 6.45) is 0.320. The minimum atomic E-state index is -1.05. The molecule has 1 atom stereocenters. The maximum absolute atomic E-state index is 11.9. The monoisotopic (exact) mass is 273 g/mol. The van der Waals surface area contributed by atoms with Crippen LogP contribution in [0.2, 0.25) is 0 Å². The Balaban J connectivity index is 2.13. The number of benzene rings is 1. The van der Waals surface area contributed by atoms with Gasteiger partial charge in [-0.1, -0.05) is 37.3 Å². The standard InChI is InChI=1S/C14H15N3O3/c1-2-10(14(19)20)15-13(18)12-8-11(16-17-12)9-6-4-3-5-7-9/h3-8,10H,2H2,1H3,(H,15,18)(H,16,17)(H,19,20)/t10-/m0/s1. The van der Waals surface area contributed by atoms with Crippen LogP contribution in [0.15, 0.2) is 36.4 Å². The number of hydrogen-bond acceptors (Lipinski definition) is 3. The molecular weight excluding hydrogens is 258 g/mol. The first-order valence-corrected chi connectivity index (χ1v) is 6.26. The molecule has 0 unspecified atom stereocenters. The summed E-state index contributed by atoms with van der Waals surface area (Å²) in [5.41, 5.74) is 1.76. The number of H-pyrrole nitrogens is 1. The van der Waals surface area contributed by atoms with Gasteiger partial charge in [0.1, 0.15) is 11.7 Å². The van der Waals surface area contributed by atoms with Crippen molar-refractivity contribution < 1.29 is 14.7 Å². The number of carbonyl (C=O) groups excluding carboxylic acids is 1. The molecule has 0 radical (unpaired) electrons. The molecule has 0 aliphatic carbocycles. The Morgan fingerprint density at radius 1 is 1.35 bits per heavy atom. The summed E-state index contributed by atoms with van der Waals surface area (Å²) in [6.45, 7) is 1.70. The zero-order valence-corrected chi connectivity index (χ0v) is 11.0. The molecule has 2 aromatic rings. The number of hydrogen-bond donors (Lipinski definition) is 3. The van der Waals surface area contributed by atoms with Gasteiger partial charge in [-0.3, -0.25) is 9.89 Å². The number of carboxylic acids is 1. The van der Waals surface area contributed by atoms with E-state index in [1.807, 2.05) is 30.3 Å². The Morgan fingerprint density at radius 3 is 2.65 bits per heavy atom. The fourth-order valence-corrected chi connectivity index (χ4v) is 1.77. The van der Waals surface area contributed by atoms with Crippen molar-refractivity contribution in [1.29, 1.82) is 0 Å². The molecule has 0 saturated carbocycles. The van der Waals surface area contributed by atoms with Crippen LogP contribution in [0.5, 0.6) is 0 Å². The van der Waals surface area contributed by atoms with Crippen LogP contribution in [0.25, 0.3) is 11.3 Å². The Kier molecular flexibility index (Phi) is 4.14. The average molecular weight is 273 g/mol. The van der Waals surface area contributed by atoms with Gasteiger partial charge in [0, 0.05) is 5.56 Å². The fraction of sp³-hybridized carbons (Fsp3) is 0.214. The quantitative estimate of drug-likeness (QED) is 0.772. The first-order chi connectivity index (χ1) is 9.61. The fourth-order valence-electron chi connectivity index (χ4n) is 1.77. The van der Waals surface area contributed by atoms with Crippen LogP contribution < -0.4 is 5.32 Å². The lowest BCUT2D eigenvalue weighted by Gasteiger charge is -2.10. The van der Waals surface area contributed by atoms with E-state index in [0.717, 1.165) is 5.56 Å². The van der Waals surface area contributed by atoms with Gasteiger partial charge in [-0.25, -0.2) is 4.79 Å². The zero-order valence-electron chi connectivity index (χ0n) is 11.0. The summed E-state index contributed by atoms with van der Waals surface area (Å²) >= 11 is 0. The summed E-state index contributed by atoms with van der Waals surface area (Å²) in [5.74, 6) is -1.53. The zero-order chi connectivity index (χ0) is 14.5. The van der Waals surface area contributed by atoms with Crippen LogP contribution in [0.1, 0.15) is 23.8 Å². The van der Waals surface area contributed by atoms with Crippen molar-refractivity contribution in [2.45, 2.75) is 19.4 Å². The first-order valence-electron chi connectivity index (χ1n) is 6.26. The highest BCUT2D eigenvalue weighted by molar-refractivity contribution is 5.95. The molecule has 6 heteroatoms. The second-order valence-corrected chi connectivity index (χ2v) is 4.31. The largest absolute Gasteiger partial charge is 0.480 e. The van der Waals surface area contributed by atoms with Gasteiger partial charge in [-0.15, -0.1) is 0 Å². The van der Waals surface area contributed by atoms with Crippen LogP contribution >= 0.6 is 0 Å². The van der Waals surface area contributed by atoms with Crippen molar-refractivity contribution in [3.63, 3.8) is 0 Å². The number of rotatable bonds is 5. The van der Waals surface area contributed by atoms with Gasteiger partial charge in [0.2, 0.25) is 0 Å². The number of carbonyl (C=O) groups is 2. The Hall–Kier alpha value is -2.63. The lowest BCUT2D eigenvalue weighted by Crippen LogP contribution is -2.40. The van der Waals surface area contributed by atoms with E-state index in [2.05, 4.69) is 15.5 Å². The van der Waals surface area contributed by atoms with Crippen molar-refractivity contribution in [3.05, 3.63) is 42.1 Å². The molecular formula is C14H15N3O3. The molecule has 1 aromatic heterocycles. The summed E-state index contributed by atoms with van der Waals surface area (Å²) in [6, 6.07) is 10.1. The third kappa shape index (κ3) is 3.03. The van der Waals surface area contributed by atoms with Gasteiger partial charge >= 0.3 is 5.97 Å². The molecule has 3 N–H and O–H groups in total. The Morgan fingerprint density at radius 2 is 2.05 bits per heavy atom. The smallest absolute Gasteiger partial charge is 0.326 e. The van der Waals surface area contributed by atoms with E-state index in [1.54, 1.807) is 13.0 Å². The Bertz CT molecular complexity index is 607. The van der Waals surface area contributed by atoms with Crippen molar-refractivity contribution in [2.24, 2.45) is 0 Å². The lowest BCUT2D eigenvalue weighted by atomic mass is 10.1. The molecule has 0 aliphatic heterocycles. The molecule has 0 fully saturated rings. The van der Waals surface area contributed by atoms with Crippen LogP contribution in [-0.2, 0) is 4.79 Å². The maximum Gasteiger partial charge on any atom is 0.326 e. The van der Waals surface area contributed by atoms with Crippen molar-refractivity contribution in [3.8, 4) is 11.3 Å². The van der Waals surface area contributed by atoms with E-state index < -0.39 is 17.9 Å². The molecule has 104 valence electrons. The minimum absolute atomic E-state index is 0.239. The van der Waals surface area contributed by atoms with Gasteiger partial charge in [0.15, 0.2) is 0 Å². The third-order valence-electron chi connectivity index (χ3n) is 2.90. The molecule has 0 spiro atoms. The number of nitrogens with one attached hydrogen (secondary N) is 2. The van der Waals surface area contributed by atoms with Gasteiger partial charge in [-0.05, 0) is 12.5 Å². The molecule has 1 heterocycles. The second kappa shape index (κ2) is 6.01. The molecule has 6 nitrogen and oxygen atoms in total. The highest BCUT2D eigenvalue weighted by Crippen LogP contribution is 2.16. The molecule has 0 aliphatic rings. The summed E-state index contributed by atoms with van der Waals surface area (Å²) in [4.78, 5) is 22.8. The van der Waals surface area contributed by atoms with Gasteiger partial charge in [0.05, 0.1) is 5.69 Å². The average Bonchev–Trinajstić information content (AvgIpc) is 2.95. The highest BCUT2D eigenvalue weighted by atomic mass is 16.4.